The third kappa shape index (κ3) is 44.9. The van der Waals surface area contributed by atoms with Crippen molar-refractivity contribution in [1.29, 1.82) is 0 Å². The zero-order valence-electron chi connectivity index (χ0n) is 35.9. The third-order valence-corrected chi connectivity index (χ3v) is 10.0. The summed E-state index contributed by atoms with van der Waals surface area (Å²) in [5.74, 6) is -0.0526. The van der Waals surface area contributed by atoms with Gasteiger partial charge in [-0.2, -0.15) is 0 Å². The van der Waals surface area contributed by atoms with Gasteiger partial charge in [0.05, 0.1) is 13.2 Å². The Morgan fingerprint density at radius 1 is 0.377 bits per heavy atom. The van der Waals surface area contributed by atoms with Crippen molar-refractivity contribution in [2.75, 3.05) is 52.7 Å². The van der Waals surface area contributed by atoms with Crippen LogP contribution in [0.15, 0.2) is 36.5 Å². The number of allylic oxidation sites excluding steroid dienone is 6. The Bertz CT molecular complexity index is 754. The molecule has 5 heteroatoms. The van der Waals surface area contributed by atoms with Crippen LogP contribution in [0, 0.1) is 0 Å². The van der Waals surface area contributed by atoms with E-state index in [1.165, 1.54) is 161 Å². The van der Waals surface area contributed by atoms with Crippen LogP contribution in [0.1, 0.15) is 213 Å². The van der Waals surface area contributed by atoms with Crippen LogP contribution < -0.4 is 0 Å². The molecule has 0 spiro atoms. The summed E-state index contributed by atoms with van der Waals surface area (Å²) in [6.07, 6.45) is 51.0. The molecule has 0 aromatic rings. The molecule has 0 aliphatic heterocycles. The van der Waals surface area contributed by atoms with E-state index in [0.717, 1.165) is 71.7 Å². The van der Waals surface area contributed by atoms with E-state index >= 15 is 0 Å². The number of unbranched alkanes of at least 4 members (excludes halogenated alkanes) is 23. The average Bonchev–Trinajstić information content (AvgIpc) is 3.16. The Morgan fingerprint density at radius 2 is 0.698 bits per heavy atom. The summed E-state index contributed by atoms with van der Waals surface area (Å²) >= 11 is 0. The maximum Gasteiger partial charge on any atom is 0.305 e. The maximum atomic E-state index is 12.4. The fourth-order valence-corrected chi connectivity index (χ4v) is 6.37. The lowest BCUT2D eigenvalue weighted by Gasteiger charge is -2.22. The van der Waals surface area contributed by atoms with E-state index in [-0.39, 0.29) is 5.97 Å². The first kappa shape index (κ1) is 51.6. The number of carbonyl (C=O) groups excluding carboxylic acids is 1. The van der Waals surface area contributed by atoms with Gasteiger partial charge in [0.2, 0.25) is 0 Å². The van der Waals surface area contributed by atoms with Crippen molar-refractivity contribution in [3.05, 3.63) is 36.5 Å². The van der Waals surface area contributed by atoms with Gasteiger partial charge >= 0.3 is 5.97 Å². The number of rotatable bonds is 44. The zero-order chi connectivity index (χ0) is 38.4. The summed E-state index contributed by atoms with van der Waals surface area (Å²) in [4.78, 5) is 14.7. The summed E-state index contributed by atoms with van der Waals surface area (Å²) in [5.41, 5.74) is 0. The summed E-state index contributed by atoms with van der Waals surface area (Å²) < 4.78 is 17.7. The summed E-state index contributed by atoms with van der Waals surface area (Å²) in [6, 6.07) is 0. The van der Waals surface area contributed by atoms with E-state index in [1.54, 1.807) is 0 Å². The van der Waals surface area contributed by atoms with Crippen molar-refractivity contribution in [2.24, 2.45) is 0 Å². The number of nitrogens with zero attached hydrogens (tertiary/aromatic N) is 1. The van der Waals surface area contributed by atoms with E-state index in [0.29, 0.717) is 13.0 Å². The molecule has 0 rings (SSSR count). The fourth-order valence-electron chi connectivity index (χ4n) is 6.37. The first-order chi connectivity index (χ1) is 26.2. The van der Waals surface area contributed by atoms with Gasteiger partial charge in [0, 0.05) is 39.3 Å². The number of hydrogen-bond acceptors (Lipinski definition) is 5. The second-order valence-corrected chi connectivity index (χ2v) is 15.3. The van der Waals surface area contributed by atoms with Gasteiger partial charge in [0.25, 0.3) is 0 Å². The first-order valence-electron chi connectivity index (χ1n) is 23.2. The Kier molecular flexibility index (Phi) is 45.5. The Hall–Kier alpha value is -1.43. The maximum absolute atomic E-state index is 12.4. The predicted molar refractivity (Wildman–Crippen MR) is 232 cm³/mol. The first-order valence-corrected chi connectivity index (χ1v) is 23.2. The van der Waals surface area contributed by atoms with Crippen LogP contribution >= 0.6 is 0 Å². The highest BCUT2D eigenvalue weighted by atomic mass is 16.5. The molecule has 0 N–H and O–H groups in total. The Labute approximate surface area is 331 Å². The second-order valence-electron chi connectivity index (χ2n) is 15.3. The molecule has 0 heterocycles. The molecule has 0 aromatic carbocycles. The molecule has 0 amide bonds. The number of hydrogen-bond donors (Lipinski definition) is 0. The Morgan fingerprint density at radius 3 is 1.09 bits per heavy atom. The fraction of sp³-hybridized carbons (Fsp3) is 0.854. The van der Waals surface area contributed by atoms with Gasteiger partial charge in [-0.25, -0.2) is 0 Å². The molecule has 0 saturated carbocycles. The molecule has 0 aliphatic carbocycles. The molecule has 312 valence electrons. The van der Waals surface area contributed by atoms with Crippen LogP contribution in [0.25, 0.3) is 0 Å². The third-order valence-electron chi connectivity index (χ3n) is 10.0. The molecule has 53 heavy (non-hydrogen) atoms. The summed E-state index contributed by atoms with van der Waals surface area (Å²) in [7, 11) is 0. The van der Waals surface area contributed by atoms with E-state index in [9.17, 15) is 4.79 Å². The molecule has 0 aliphatic rings. The molecule has 0 bridgehead atoms. The molecular weight excluding hydrogens is 655 g/mol. The van der Waals surface area contributed by atoms with Gasteiger partial charge in [0.15, 0.2) is 0 Å². The van der Waals surface area contributed by atoms with Crippen molar-refractivity contribution in [3.63, 3.8) is 0 Å². The molecule has 0 saturated heterocycles. The standard InChI is InChI=1S/C48H91NO4/c1-4-7-10-13-16-19-22-25-28-31-34-37-43-51-45-40-49(41-46-52-44-38-35-32-29-26-23-20-17-14-11-8-5-2)42-47-53-48(50)39-36-33-30-27-24-21-18-15-12-9-6-3/h13-18H,4-12,19-47H2,1-3H3/b16-13+,17-14+,18-15+. The smallest absolute Gasteiger partial charge is 0.305 e. The van der Waals surface area contributed by atoms with Crippen LogP contribution in [0.3, 0.4) is 0 Å². The van der Waals surface area contributed by atoms with Crippen LogP contribution in [0.2, 0.25) is 0 Å². The van der Waals surface area contributed by atoms with Gasteiger partial charge in [-0.3, -0.25) is 9.69 Å². The molecule has 0 radical (unpaired) electrons. The number of ether oxygens (including phenoxy) is 3. The molecule has 0 atom stereocenters. The molecule has 0 unspecified atom stereocenters. The molecular formula is C48H91NO4. The van der Waals surface area contributed by atoms with Crippen LogP contribution in [0.5, 0.6) is 0 Å². The summed E-state index contributed by atoms with van der Waals surface area (Å²) in [5, 5.41) is 0. The van der Waals surface area contributed by atoms with Crippen molar-refractivity contribution >= 4 is 5.97 Å². The largest absolute Gasteiger partial charge is 0.464 e. The lowest BCUT2D eigenvalue weighted by atomic mass is 10.1. The van der Waals surface area contributed by atoms with Crippen LogP contribution in [0.4, 0.5) is 0 Å². The van der Waals surface area contributed by atoms with Crippen molar-refractivity contribution in [3.8, 4) is 0 Å². The molecule has 0 fully saturated rings. The number of carbonyl (C=O) groups is 1. The highest BCUT2D eigenvalue weighted by molar-refractivity contribution is 5.69. The van der Waals surface area contributed by atoms with Crippen molar-refractivity contribution in [1.82, 2.24) is 4.90 Å². The topological polar surface area (TPSA) is 48.0 Å². The highest BCUT2D eigenvalue weighted by Crippen LogP contribution is 2.11. The van der Waals surface area contributed by atoms with Gasteiger partial charge in [-0.05, 0) is 77.0 Å². The molecule has 5 nitrogen and oxygen atoms in total. The van der Waals surface area contributed by atoms with Gasteiger partial charge in [-0.15, -0.1) is 0 Å². The van der Waals surface area contributed by atoms with E-state index in [1.807, 2.05) is 0 Å². The highest BCUT2D eigenvalue weighted by Gasteiger charge is 2.08. The van der Waals surface area contributed by atoms with Gasteiger partial charge in [0.1, 0.15) is 6.61 Å². The lowest BCUT2D eigenvalue weighted by Crippen LogP contribution is -2.34. The monoisotopic (exact) mass is 746 g/mol. The lowest BCUT2D eigenvalue weighted by molar-refractivity contribution is -0.144. The van der Waals surface area contributed by atoms with Crippen molar-refractivity contribution in [2.45, 2.75) is 213 Å². The zero-order valence-corrected chi connectivity index (χ0v) is 35.9. The van der Waals surface area contributed by atoms with Crippen molar-refractivity contribution < 1.29 is 19.0 Å². The quantitative estimate of drug-likeness (QED) is 0.0353. The minimum atomic E-state index is -0.0526. The minimum absolute atomic E-state index is 0.0526. The van der Waals surface area contributed by atoms with Crippen LogP contribution in [-0.2, 0) is 19.0 Å². The minimum Gasteiger partial charge on any atom is -0.464 e. The van der Waals surface area contributed by atoms with Gasteiger partial charge in [-0.1, -0.05) is 166 Å². The number of esters is 1. The van der Waals surface area contributed by atoms with Crippen LogP contribution in [-0.4, -0.2) is 63.5 Å². The second kappa shape index (κ2) is 46.7. The van der Waals surface area contributed by atoms with E-state index < -0.39 is 0 Å². The summed E-state index contributed by atoms with van der Waals surface area (Å²) in [6.45, 7) is 12.8. The van der Waals surface area contributed by atoms with Gasteiger partial charge < -0.3 is 14.2 Å². The normalized spacial score (nSPS) is 12.1. The average molecular weight is 746 g/mol. The molecule has 0 aromatic heterocycles. The SMILES string of the molecule is CCCC/C=C/CCCCCCCCOCCN(CCOCCCCCCCC/C=C/CCCC)CCOC(=O)CCCCCCC/C=C/CCCC. The van der Waals surface area contributed by atoms with E-state index in [2.05, 4.69) is 62.1 Å². The Balaban J connectivity index is 4.12. The van der Waals surface area contributed by atoms with E-state index in [4.69, 9.17) is 14.2 Å². The predicted octanol–water partition coefficient (Wildman–Crippen LogP) is 14.3.